The van der Waals surface area contributed by atoms with Crippen molar-refractivity contribution < 1.29 is 0 Å². The first kappa shape index (κ1) is 31.0. The topological polar surface area (TPSA) is 38.7 Å². The Morgan fingerprint density at radius 1 is 0.283 bits per heavy atom. The van der Waals surface area contributed by atoms with Crippen LogP contribution in [0.1, 0.15) is 0 Å². The number of rotatable bonds is 6. The molecule has 0 aliphatic rings. The molecule has 0 saturated heterocycles. The number of nitrogens with zero attached hydrogens (tertiary/aromatic N) is 3. The Labute approximate surface area is 311 Å². The van der Waals surface area contributed by atoms with E-state index in [-0.39, 0.29) is 0 Å². The Hall–Kier alpha value is -6.75. The standard InChI is InChI=1S/C49H31N3S/c1-3-15-32(16-4-1)34-19-13-20-35(31-34)36-21-7-8-22-37(36)40-29-30-43(39-24-10-9-23-38(39)40)48-50-47(33-17-5-2-6-18-33)51-49(52-48)44-27-14-26-42-41-25-11-12-28-45(41)53-46(42)44/h1-31H. The van der Waals surface area contributed by atoms with Crippen molar-refractivity contribution in [1.29, 1.82) is 0 Å². The van der Waals surface area contributed by atoms with Crippen LogP contribution in [-0.2, 0) is 0 Å². The number of benzene rings is 8. The van der Waals surface area contributed by atoms with Crippen LogP contribution >= 0.6 is 11.3 Å². The van der Waals surface area contributed by atoms with Crippen molar-refractivity contribution >= 4 is 42.3 Å². The molecule has 0 aliphatic heterocycles. The molecule has 3 nitrogen and oxygen atoms in total. The van der Waals surface area contributed by atoms with Crippen LogP contribution in [0, 0.1) is 0 Å². The lowest BCUT2D eigenvalue weighted by molar-refractivity contribution is 1.08. The first-order valence-corrected chi connectivity index (χ1v) is 18.6. The summed E-state index contributed by atoms with van der Waals surface area (Å²) in [5.41, 5.74) is 10.0. The van der Waals surface area contributed by atoms with Crippen LogP contribution in [0.3, 0.4) is 0 Å². The van der Waals surface area contributed by atoms with E-state index >= 15 is 0 Å². The molecule has 53 heavy (non-hydrogen) atoms. The van der Waals surface area contributed by atoms with Crippen molar-refractivity contribution in [2.45, 2.75) is 0 Å². The monoisotopic (exact) mass is 693 g/mol. The number of aromatic nitrogens is 3. The van der Waals surface area contributed by atoms with Crippen LogP contribution in [-0.4, -0.2) is 15.0 Å². The third-order valence-electron chi connectivity index (χ3n) is 9.98. The molecule has 0 unspecified atom stereocenters. The molecule has 10 rings (SSSR count). The molecule has 2 aromatic heterocycles. The van der Waals surface area contributed by atoms with Gasteiger partial charge >= 0.3 is 0 Å². The third-order valence-corrected chi connectivity index (χ3v) is 11.2. The minimum atomic E-state index is 0.651. The highest BCUT2D eigenvalue weighted by molar-refractivity contribution is 7.26. The molecule has 0 N–H and O–H groups in total. The molecule has 0 radical (unpaired) electrons. The van der Waals surface area contributed by atoms with Crippen molar-refractivity contribution in [3.63, 3.8) is 0 Å². The second kappa shape index (κ2) is 13.1. The van der Waals surface area contributed by atoms with Crippen molar-refractivity contribution in [3.05, 3.63) is 188 Å². The summed E-state index contributed by atoms with van der Waals surface area (Å²) in [6.45, 7) is 0. The zero-order valence-electron chi connectivity index (χ0n) is 28.6. The Bertz CT molecular complexity index is 2950. The number of hydrogen-bond donors (Lipinski definition) is 0. The van der Waals surface area contributed by atoms with Gasteiger partial charge in [-0.05, 0) is 68.4 Å². The summed E-state index contributed by atoms with van der Waals surface area (Å²) in [4.78, 5) is 15.5. The number of hydrogen-bond acceptors (Lipinski definition) is 4. The van der Waals surface area contributed by atoms with Crippen LogP contribution in [0.4, 0.5) is 0 Å². The molecule has 10 aromatic rings. The minimum Gasteiger partial charge on any atom is -0.208 e. The fraction of sp³-hybridized carbons (Fsp3) is 0. The summed E-state index contributed by atoms with van der Waals surface area (Å²) >= 11 is 1.79. The van der Waals surface area contributed by atoms with E-state index in [2.05, 4.69) is 170 Å². The zero-order valence-corrected chi connectivity index (χ0v) is 29.5. The maximum atomic E-state index is 5.26. The van der Waals surface area contributed by atoms with Gasteiger partial charge in [-0.2, -0.15) is 0 Å². The maximum absolute atomic E-state index is 5.26. The highest BCUT2D eigenvalue weighted by atomic mass is 32.1. The van der Waals surface area contributed by atoms with Crippen molar-refractivity contribution in [2.24, 2.45) is 0 Å². The second-order valence-electron chi connectivity index (χ2n) is 13.2. The van der Waals surface area contributed by atoms with Crippen molar-refractivity contribution in [3.8, 4) is 67.5 Å². The van der Waals surface area contributed by atoms with Gasteiger partial charge in [0.1, 0.15) is 0 Å². The molecular weight excluding hydrogens is 663 g/mol. The average molecular weight is 694 g/mol. The molecule has 248 valence electrons. The average Bonchev–Trinajstić information content (AvgIpc) is 3.63. The SMILES string of the molecule is c1ccc(-c2cccc(-c3ccccc3-c3ccc(-c4nc(-c5ccccc5)nc(-c5cccc6c5sc5ccccc56)n4)c4ccccc34)c2)cc1. The Morgan fingerprint density at radius 3 is 1.58 bits per heavy atom. The molecule has 0 saturated carbocycles. The molecule has 8 aromatic carbocycles. The van der Waals surface area contributed by atoms with E-state index in [0.717, 1.165) is 33.0 Å². The van der Waals surface area contributed by atoms with Gasteiger partial charge < -0.3 is 0 Å². The Balaban J connectivity index is 1.16. The fourth-order valence-corrected chi connectivity index (χ4v) is 8.66. The molecule has 0 bridgehead atoms. The van der Waals surface area contributed by atoms with Crippen LogP contribution < -0.4 is 0 Å². The van der Waals surface area contributed by atoms with Gasteiger partial charge in [-0.25, -0.2) is 15.0 Å². The zero-order chi connectivity index (χ0) is 35.1. The summed E-state index contributed by atoms with van der Waals surface area (Å²) in [6, 6.07) is 66.3. The van der Waals surface area contributed by atoms with E-state index < -0.39 is 0 Å². The molecule has 0 amide bonds. The quantitative estimate of drug-likeness (QED) is 0.174. The van der Waals surface area contributed by atoms with E-state index in [9.17, 15) is 0 Å². The van der Waals surface area contributed by atoms with E-state index in [1.807, 2.05) is 18.2 Å². The summed E-state index contributed by atoms with van der Waals surface area (Å²) < 4.78 is 2.43. The van der Waals surface area contributed by atoms with Crippen LogP contribution in [0.2, 0.25) is 0 Å². The van der Waals surface area contributed by atoms with Gasteiger partial charge in [-0.1, -0.05) is 164 Å². The second-order valence-corrected chi connectivity index (χ2v) is 14.2. The number of fused-ring (bicyclic) bond motifs is 4. The van der Waals surface area contributed by atoms with Gasteiger partial charge in [0.05, 0.1) is 0 Å². The van der Waals surface area contributed by atoms with Crippen LogP contribution in [0.15, 0.2) is 188 Å². The van der Waals surface area contributed by atoms with Crippen LogP contribution in [0.25, 0.3) is 98.5 Å². The Morgan fingerprint density at radius 2 is 0.792 bits per heavy atom. The molecule has 2 heterocycles. The number of thiophene rings is 1. The van der Waals surface area contributed by atoms with Gasteiger partial charge in [-0.15, -0.1) is 11.3 Å². The molecule has 0 fully saturated rings. The van der Waals surface area contributed by atoms with Gasteiger partial charge in [0.2, 0.25) is 0 Å². The van der Waals surface area contributed by atoms with Crippen LogP contribution in [0.5, 0.6) is 0 Å². The molecule has 0 atom stereocenters. The molecule has 4 heteroatoms. The van der Waals surface area contributed by atoms with Gasteiger partial charge in [0.15, 0.2) is 17.5 Å². The summed E-state index contributed by atoms with van der Waals surface area (Å²) in [5.74, 6) is 1.97. The normalized spacial score (nSPS) is 11.4. The largest absolute Gasteiger partial charge is 0.208 e. The minimum absolute atomic E-state index is 0.651. The van der Waals surface area contributed by atoms with E-state index in [4.69, 9.17) is 15.0 Å². The summed E-state index contributed by atoms with van der Waals surface area (Å²) in [6.07, 6.45) is 0. The fourth-order valence-electron chi connectivity index (χ4n) is 7.45. The van der Waals surface area contributed by atoms with E-state index in [1.165, 1.54) is 48.0 Å². The van der Waals surface area contributed by atoms with Gasteiger partial charge in [0, 0.05) is 36.9 Å². The van der Waals surface area contributed by atoms with E-state index in [1.54, 1.807) is 11.3 Å². The predicted molar refractivity (Wildman–Crippen MR) is 223 cm³/mol. The lowest BCUT2D eigenvalue weighted by atomic mass is 9.89. The smallest absolute Gasteiger partial charge is 0.165 e. The first-order valence-electron chi connectivity index (χ1n) is 17.8. The van der Waals surface area contributed by atoms with Gasteiger partial charge in [-0.3, -0.25) is 0 Å². The van der Waals surface area contributed by atoms with Crippen molar-refractivity contribution in [1.82, 2.24) is 15.0 Å². The summed E-state index contributed by atoms with van der Waals surface area (Å²) in [7, 11) is 0. The first-order chi connectivity index (χ1) is 26.3. The molecular formula is C49H31N3S. The van der Waals surface area contributed by atoms with E-state index in [0.29, 0.717) is 17.5 Å². The lowest BCUT2D eigenvalue weighted by Gasteiger charge is -2.16. The highest BCUT2D eigenvalue weighted by Crippen LogP contribution is 2.42. The maximum Gasteiger partial charge on any atom is 0.165 e. The Kier molecular flexibility index (Phi) is 7.67. The third kappa shape index (κ3) is 5.57. The highest BCUT2D eigenvalue weighted by Gasteiger charge is 2.19. The predicted octanol–water partition coefficient (Wildman–Crippen LogP) is 13.4. The van der Waals surface area contributed by atoms with Gasteiger partial charge in [0.25, 0.3) is 0 Å². The molecule has 0 aliphatic carbocycles. The van der Waals surface area contributed by atoms with Crippen molar-refractivity contribution in [2.75, 3.05) is 0 Å². The summed E-state index contributed by atoms with van der Waals surface area (Å²) in [5, 5.41) is 4.70. The lowest BCUT2D eigenvalue weighted by Crippen LogP contribution is -2.01. The molecule has 0 spiro atoms.